The molecule has 4 nitrogen and oxygen atoms in total. The second kappa shape index (κ2) is 9.55. The highest BCUT2D eigenvalue weighted by Gasteiger charge is 2.19. The number of carbonyl (C=O) groups excluding carboxylic acids is 1. The van der Waals surface area contributed by atoms with Crippen molar-refractivity contribution in [3.8, 4) is 0 Å². The van der Waals surface area contributed by atoms with Gasteiger partial charge in [-0.1, -0.05) is 57.2 Å². The first-order valence-electron chi connectivity index (χ1n) is 7.49. The van der Waals surface area contributed by atoms with E-state index in [2.05, 4.69) is 6.92 Å². The van der Waals surface area contributed by atoms with Crippen LogP contribution in [0, 0.1) is 0 Å². The van der Waals surface area contributed by atoms with Crippen LogP contribution in [-0.4, -0.2) is 26.7 Å². The van der Waals surface area contributed by atoms with Gasteiger partial charge in [0, 0.05) is 0 Å². The maximum absolute atomic E-state index is 11.9. The minimum Gasteiger partial charge on any atom is -0.465 e. The monoisotopic (exact) mass is 312 g/mol. The van der Waals surface area contributed by atoms with Gasteiger partial charge in [0.2, 0.25) is 0 Å². The molecule has 0 unspecified atom stereocenters. The Hall–Kier alpha value is -1.36. The third-order valence-corrected chi connectivity index (χ3v) is 4.78. The van der Waals surface area contributed by atoms with E-state index >= 15 is 0 Å². The Morgan fingerprint density at radius 1 is 1.00 bits per heavy atom. The van der Waals surface area contributed by atoms with Gasteiger partial charge >= 0.3 is 5.97 Å². The molecule has 0 fully saturated rings. The lowest BCUT2D eigenvalue weighted by Crippen LogP contribution is -2.19. The number of esters is 1. The van der Waals surface area contributed by atoms with Crippen LogP contribution in [0.5, 0.6) is 0 Å². The van der Waals surface area contributed by atoms with Crippen molar-refractivity contribution in [1.29, 1.82) is 0 Å². The highest BCUT2D eigenvalue weighted by Crippen LogP contribution is 2.10. The molecule has 0 radical (unpaired) electrons. The molecule has 21 heavy (non-hydrogen) atoms. The Morgan fingerprint density at radius 3 is 2.29 bits per heavy atom. The van der Waals surface area contributed by atoms with E-state index in [0.29, 0.717) is 6.61 Å². The minimum atomic E-state index is -3.59. The molecule has 5 heteroatoms. The number of sulfone groups is 1. The van der Waals surface area contributed by atoms with Crippen molar-refractivity contribution in [3.63, 3.8) is 0 Å². The molecule has 0 saturated heterocycles. The number of hydrogen-bond donors (Lipinski definition) is 0. The van der Waals surface area contributed by atoms with Gasteiger partial charge in [-0.05, 0) is 18.6 Å². The Morgan fingerprint density at radius 2 is 1.62 bits per heavy atom. The van der Waals surface area contributed by atoms with Crippen molar-refractivity contribution >= 4 is 15.8 Å². The second-order valence-corrected chi connectivity index (χ2v) is 7.05. The summed E-state index contributed by atoms with van der Waals surface area (Å²) in [6.07, 6.45) is 6.57. The molecule has 1 aromatic carbocycles. The van der Waals surface area contributed by atoms with E-state index < -0.39 is 21.6 Å². The average molecular weight is 312 g/mol. The van der Waals surface area contributed by atoms with E-state index in [9.17, 15) is 13.2 Å². The Bertz CT molecular complexity index is 508. The zero-order valence-electron chi connectivity index (χ0n) is 12.6. The highest BCUT2D eigenvalue weighted by atomic mass is 32.2. The van der Waals surface area contributed by atoms with Crippen LogP contribution in [0.4, 0.5) is 0 Å². The summed E-state index contributed by atoms with van der Waals surface area (Å²) in [6.45, 7) is 2.46. The fourth-order valence-electron chi connectivity index (χ4n) is 1.98. The quantitative estimate of drug-likeness (QED) is 0.491. The summed E-state index contributed by atoms with van der Waals surface area (Å²) in [5.74, 6) is -1.26. The third-order valence-electron chi connectivity index (χ3n) is 3.17. The molecule has 1 rings (SSSR count). The molecule has 0 atom stereocenters. The van der Waals surface area contributed by atoms with Crippen molar-refractivity contribution < 1.29 is 17.9 Å². The number of ether oxygens (including phenoxy) is 1. The van der Waals surface area contributed by atoms with Crippen LogP contribution in [-0.2, 0) is 19.4 Å². The molecule has 0 aliphatic heterocycles. The predicted octanol–water partition coefficient (Wildman–Crippen LogP) is 3.36. The molecule has 1 aromatic rings. The van der Waals surface area contributed by atoms with Gasteiger partial charge < -0.3 is 4.74 Å². The number of rotatable bonds is 10. The van der Waals surface area contributed by atoms with Crippen LogP contribution in [0.1, 0.15) is 45.4 Å². The highest BCUT2D eigenvalue weighted by molar-refractivity contribution is 7.92. The van der Waals surface area contributed by atoms with Gasteiger partial charge in [-0.25, -0.2) is 8.42 Å². The fourth-order valence-corrected chi connectivity index (χ4v) is 3.11. The van der Waals surface area contributed by atoms with E-state index in [4.69, 9.17) is 4.74 Å². The zero-order chi connectivity index (χ0) is 15.6. The molecule has 0 amide bonds. The lowest BCUT2D eigenvalue weighted by atomic mass is 10.1. The van der Waals surface area contributed by atoms with Crippen LogP contribution in [0.3, 0.4) is 0 Å². The molecular weight excluding hydrogens is 288 g/mol. The summed E-state index contributed by atoms with van der Waals surface area (Å²) in [5.41, 5.74) is 0. The van der Waals surface area contributed by atoms with Crippen molar-refractivity contribution in [3.05, 3.63) is 30.3 Å². The van der Waals surface area contributed by atoms with Gasteiger partial charge in [0.25, 0.3) is 0 Å². The summed E-state index contributed by atoms with van der Waals surface area (Å²) in [4.78, 5) is 11.7. The molecule has 0 aromatic heterocycles. The van der Waals surface area contributed by atoms with Crippen LogP contribution < -0.4 is 0 Å². The van der Waals surface area contributed by atoms with E-state index in [0.717, 1.165) is 19.3 Å². The summed E-state index contributed by atoms with van der Waals surface area (Å²) < 4.78 is 28.9. The fraction of sp³-hybridized carbons (Fsp3) is 0.562. The maximum atomic E-state index is 11.9. The Kier molecular flexibility index (Phi) is 8.05. The van der Waals surface area contributed by atoms with Gasteiger partial charge in [-0.3, -0.25) is 4.79 Å². The maximum Gasteiger partial charge on any atom is 0.321 e. The summed E-state index contributed by atoms with van der Waals surface area (Å²) in [7, 11) is -3.59. The molecule has 0 aliphatic rings. The van der Waals surface area contributed by atoms with Crippen LogP contribution >= 0.6 is 0 Å². The number of hydrogen-bond acceptors (Lipinski definition) is 4. The van der Waals surface area contributed by atoms with Crippen molar-refractivity contribution in [2.75, 3.05) is 12.4 Å². The number of unbranched alkanes of at least 4 members (excludes halogenated alkanes) is 5. The first-order chi connectivity index (χ1) is 10.1. The van der Waals surface area contributed by atoms with Crippen molar-refractivity contribution in [2.24, 2.45) is 0 Å². The predicted molar refractivity (Wildman–Crippen MR) is 82.8 cm³/mol. The van der Waals surface area contributed by atoms with Crippen LogP contribution in [0.2, 0.25) is 0 Å². The lowest BCUT2D eigenvalue weighted by molar-refractivity contribution is -0.140. The van der Waals surface area contributed by atoms with Gasteiger partial charge in [0.05, 0.1) is 11.5 Å². The molecule has 0 heterocycles. The standard InChI is InChI=1S/C16H24O4S/c1-2-3-4-5-6-10-13-20-16(17)14-21(18,19)15-11-8-7-9-12-15/h7-9,11-12H,2-6,10,13-14H2,1H3. The summed E-state index contributed by atoms with van der Waals surface area (Å²) in [5, 5.41) is 0. The van der Waals surface area contributed by atoms with Crippen molar-refractivity contribution in [1.82, 2.24) is 0 Å². The first kappa shape index (κ1) is 17.7. The Balaban J connectivity index is 2.25. The molecule has 0 bridgehead atoms. The summed E-state index contributed by atoms with van der Waals surface area (Å²) in [6, 6.07) is 7.96. The molecule has 0 spiro atoms. The molecule has 0 aliphatic carbocycles. The van der Waals surface area contributed by atoms with Crippen molar-refractivity contribution in [2.45, 2.75) is 50.3 Å². The van der Waals surface area contributed by atoms with Crippen LogP contribution in [0.25, 0.3) is 0 Å². The van der Waals surface area contributed by atoms with Gasteiger partial charge in [-0.15, -0.1) is 0 Å². The van der Waals surface area contributed by atoms with Crippen LogP contribution in [0.15, 0.2) is 35.2 Å². The van der Waals surface area contributed by atoms with E-state index in [1.54, 1.807) is 18.2 Å². The molecule has 0 N–H and O–H groups in total. The smallest absolute Gasteiger partial charge is 0.321 e. The van der Waals surface area contributed by atoms with Gasteiger partial charge in [0.1, 0.15) is 0 Å². The van der Waals surface area contributed by atoms with E-state index in [1.807, 2.05) is 0 Å². The van der Waals surface area contributed by atoms with E-state index in [1.165, 1.54) is 31.4 Å². The van der Waals surface area contributed by atoms with Gasteiger partial charge in [0.15, 0.2) is 15.6 Å². The zero-order valence-corrected chi connectivity index (χ0v) is 13.4. The second-order valence-electron chi connectivity index (χ2n) is 5.06. The summed E-state index contributed by atoms with van der Waals surface area (Å²) >= 11 is 0. The van der Waals surface area contributed by atoms with Gasteiger partial charge in [-0.2, -0.15) is 0 Å². The molecular formula is C16H24O4S. The molecule has 118 valence electrons. The topological polar surface area (TPSA) is 60.4 Å². The number of benzene rings is 1. The Labute approximate surface area is 127 Å². The normalized spacial score (nSPS) is 11.3. The lowest BCUT2D eigenvalue weighted by Gasteiger charge is -2.06. The largest absolute Gasteiger partial charge is 0.465 e. The third kappa shape index (κ3) is 7.27. The minimum absolute atomic E-state index is 0.154. The first-order valence-corrected chi connectivity index (χ1v) is 9.15. The average Bonchev–Trinajstić information content (AvgIpc) is 2.47. The number of carbonyl (C=O) groups is 1. The van der Waals surface area contributed by atoms with E-state index in [-0.39, 0.29) is 4.90 Å². The SMILES string of the molecule is CCCCCCCCOC(=O)CS(=O)(=O)c1ccccc1. The molecule has 0 saturated carbocycles.